The van der Waals surface area contributed by atoms with E-state index in [1.165, 1.54) is 6.20 Å². The average molecular weight is 331 g/mol. The van der Waals surface area contributed by atoms with Gasteiger partial charge in [-0.05, 0) is 44.2 Å². The summed E-state index contributed by atoms with van der Waals surface area (Å²) in [7, 11) is 0. The van der Waals surface area contributed by atoms with Gasteiger partial charge in [0.1, 0.15) is 0 Å². The minimum Gasteiger partial charge on any atom is -0.304 e. The number of carbonyl (C=O) groups is 1. The number of aryl methyl sites for hydroxylation is 2. The van der Waals surface area contributed by atoms with E-state index in [1.54, 1.807) is 23.0 Å². The van der Waals surface area contributed by atoms with Crippen LogP contribution in [0.5, 0.6) is 0 Å². The molecule has 0 bridgehead atoms. The molecule has 124 valence electrons. The predicted octanol–water partition coefficient (Wildman–Crippen LogP) is 3.56. The molecule has 25 heavy (non-hydrogen) atoms. The second kappa shape index (κ2) is 5.98. The van der Waals surface area contributed by atoms with Crippen LogP contribution in [0.4, 0.5) is 5.82 Å². The van der Waals surface area contributed by atoms with Gasteiger partial charge in [-0.2, -0.15) is 5.10 Å². The molecule has 0 aliphatic heterocycles. The third-order valence-corrected chi connectivity index (χ3v) is 4.13. The summed E-state index contributed by atoms with van der Waals surface area (Å²) in [6.45, 7) is 4.72. The van der Waals surface area contributed by atoms with E-state index in [0.717, 1.165) is 27.5 Å². The van der Waals surface area contributed by atoms with Crippen molar-refractivity contribution in [3.63, 3.8) is 0 Å². The molecule has 0 atom stereocenters. The zero-order valence-electron chi connectivity index (χ0n) is 14.0. The molecule has 1 aromatic carbocycles. The van der Waals surface area contributed by atoms with Crippen molar-refractivity contribution in [2.24, 2.45) is 0 Å². The highest BCUT2D eigenvalue weighted by Crippen LogP contribution is 2.26. The van der Waals surface area contributed by atoms with Crippen LogP contribution in [0, 0.1) is 6.92 Å². The molecule has 4 aromatic rings. The predicted molar refractivity (Wildman–Crippen MR) is 97.6 cm³/mol. The molecule has 0 fully saturated rings. The topological polar surface area (TPSA) is 72.7 Å². The Bertz CT molecular complexity index is 1090. The first-order valence-corrected chi connectivity index (χ1v) is 8.15. The highest BCUT2D eigenvalue weighted by molar-refractivity contribution is 6.08. The summed E-state index contributed by atoms with van der Waals surface area (Å²) in [5.41, 5.74) is 3.34. The largest absolute Gasteiger partial charge is 0.304 e. The van der Waals surface area contributed by atoms with Crippen LogP contribution >= 0.6 is 0 Å². The molecule has 0 saturated carbocycles. The Morgan fingerprint density at radius 3 is 2.88 bits per heavy atom. The fourth-order valence-electron chi connectivity index (χ4n) is 2.87. The number of hydrogen-bond acceptors (Lipinski definition) is 4. The molecule has 0 unspecified atom stereocenters. The Morgan fingerprint density at radius 1 is 1.24 bits per heavy atom. The van der Waals surface area contributed by atoms with Crippen LogP contribution in [-0.4, -0.2) is 25.7 Å². The van der Waals surface area contributed by atoms with Gasteiger partial charge in [0.05, 0.1) is 16.5 Å². The minimum absolute atomic E-state index is 0.236. The maximum Gasteiger partial charge on any atom is 0.258 e. The molecular formula is C19H17N5O. The van der Waals surface area contributed by atoms with Crippen LogP contribution in [0.3, 0.4) is 0 Å². The number of benzene rings is 1. The van der Waals surface area contributed by atoms with Crippen LogP contribution < -0.4 is 5.32 Å². The van der Waals surface area contributed by atoms with Gasteiger partial charge in [-0.3, -0.25) is 9.78 Å². The Hall–Kier alpha value is -3.28. The van der Waals surface area contributed by atoms with Crippen LogP contribution in [0.15, 0.2) is 48.8 Å². The molecule has 0 aliphatic carbocycles. The molecule has 3 aromatic heterocycles. The molecule has 0 spiro atoms. The molecule has 4 rings (SSSR count). The highest BCUT2D eigenvalue weighted by atomic mass is 16.1. The molecule has 1 amide bonds. The first-order valence-electron chi connectivity index (χ1n) is 8.15. The minimum atomic E-state index is -0.236. The first kappa shape index (κ1) is 15.3. The van der Waals surface area contributed by atoms with Crippen molar-refractivity contribution >= 4 is 33.7 Å². The molecule has 0 aliphatic rings. The maximum atomic E-state index is 12.5. The first-order chi connectivity index (χ1) is 12.2. The molecule has 6 nitrogen and oxygen atoms in total. The number of carbonyl (C=O) groups excluding carboxylic acids is 1. The summed E-state index contributed by atoms with van der Waals surface area (Å²) in [6.07, 6.45) is 3.17. The van der Waals surface area contributed by atoms with E-state index in [1.807, 2.05) is 32.0 Å². The molecule has 6 heteroatoms. The fourth-order valence-corrected chi connectivity index (χ4v) is 2.87. The lowest BCUT2D eigenvalue weighted by molar-refractivity contribution is 0.102. The SMILES string of the molecule is CCn1nc(NC(=O)c2cccnc2)c2cc3cc(C)ccc3nc21. The average Bonchev–Trinajstić information content (AvgIpc) is 2.97. The summed E-state index contributed by atoms with van der Waals surface area (Å²) in [6, 6.07) is 11.6. The summed E-state index contributed by atoms with van der Waals surface area (Å²) in [4.78, 5) is 21.2. The van der Waals surface area contributed by atoms with Gasteiger partial charge in [-0.25, -0.2) is 9.67 Å². The second-order valence-electron chi connectivity index (χ2n) is 5.92. The van der Waals surface area contributed by atoms with Crippen LogP contribution in [0.1, 0.15) is 22.8 Å². The van der Waals surface area contributed by atoms with Crippen LogP contribution in [0.25, 0.3) is 21.9 Å². The number of fused-ring (bicyclic) bond motifs is 2. The zero-order chi connectivity index (χ0) is 17.4. The monoisotopic (exact) mass is 331 g/mol. The third kappa shape index (κ3) is 2.71. The lowest BCUT2D eigenvalue weighted by atomic mass is 10.1. The lowest BCUT2D eigenvalue weighted by Gasteiger charge is -2.03. The van der Waals surface area contributed by atoms with E-state index in [-0.39, 0.29) is 5.91 Å². The standard InChI is InChI=1S/C19H17N5O/c1-3-24-18-15(10-14-9-12(2)6-7-16(14)21-18)17(23-24)22-19(25)13-5-4-8-20-11-13/h4-11H,3H2,1-2H3,(H,22,23,25). The zero-order valence-corrected chi connectivity index (χ0v) is 14.0. The van der Waals surface area contributed by atoms with Crippen molar-refractivity contribution in [3.8, 4) is 0 Å². The number of hydrogen-bond donors (Lipinski definition) is 1. The molecule has 3 heterocycles. The summed E-state index contributed by atoms with van der Waals surface area (Å²) >= 11 is 0. The van der Waals surface area contributed by atoms with Gasteiger partial charge in [0.2, 0.25) is 0 Å². The Labute approximate surface area is 144 Å². The van der Waals surface area contributed by atoms with Crippen LogP contribution in [-0.2, 0) is 6.54 Å². The highest BCUT2D eigenvalue weighted by Gasteiger charge is 2.15. The molecule has 0 radical (unpaired) electrons. The fraction of sp³-hybridized carbons (Fsp3) is 0.158. The summed E-state index contributed by atoms with van der Waals surface area (Å²) < 4.78 is 1.80. The van der Waals surface area contributed by atoms with Crippen molar-refractivity contribution in [3.05, 3.63) is 59.9 Å². The summed E-state index contributed by atoms with van der Waals surface area (Å²) in [5, 5.41) is 9.26. The van der Waals surface area contributed by atoms with E-state index in [0.29, 0.717) is 17.9 Å². The van der Waals surface area contributed by atoms with Crippen molar-refractivity contribution < 1.29 is 4.79 Å². The van der Waals surface area contributed by atoms with Gasteiger partial charge in [0, 0.05) is 24.3 Å². The van der Waals surface area contributed by atoms with Gasteiger partial charge < -0.3 is 5.32 Å². The van der Waals surface area contributed by atoms with Crippen molar-refractivity contribution in [2.45, 2.75) is 20.4 Å². The normalized spacial score (nSPS) is 11.1. The quantitative estimate of drug-likeness (QED) is 0.623. The Balaban J connectivity index is 1.84. The van der Waals surface area contributed by atoms with Gasteiger partial charge >= 0.3 is 0 Å². The van der Waals surface area contributed by atoms with E-state index in [4.69, 9.17) is 4.98 Å². The Kier molecular flexibility index (Phi) is 3.65. The van der Waals surface area contributed by atoms with E-state index < -0.39 is 0 Å². The van der Waals surface area contributed by atoms with E-state index >= 15 is 0 Å². The molecule has 1 N–H and O–H groups in total. The number of anilines is 1. The van der Waals surface area contributed by atoms with E-state index in [9.17, 15) is 4.79 Å². The number of pyridine rings is 2. The van der Waals surface area contributed by atoms with Gasteiger partial charge in [0.25, 0.3) is 5.91 Å². The molecule has 0 saturated heterocycles. The van der Waals surface area contributed by atoms with Crippen molar-refractivity contribution in [2.75, 3.05) is 5.32 Å². The van der Waals surface area contributed by atoms with Crippen molar-refractivity contribution in [1.29, 1.82) is 0 Å². The van der Waals surface area contributed by atoms with Gasteiger partial charge in [0.15, 0.2) is 11.5 Å². The number of amides is 1. The summed E-state index contributed by atoms with van der Waals surface area (Å²) in [5.74, 6) is 0.279. The second-order valence-corrected chi connectivity index (χ2v) is 5.92. The maximum absolute atomic E-state index is 12.5. The Morgan fingerprint density at radius 2 is 2.12 bits per heavy atom. The number of aromatic nitrogens is 4. The molecular weight excluding hydrogens is 314 g/mol. The number of nitrogens with zero attached hydrogens (tertiary/aromatic N) is 4. The van der Waals surface area contributed by atoms with Gasteiger partial charge in [-0.1, -0.05) is 11.6 Å². The number of rotatable bonds is 3. The van der Waals surface area contributed by atoms with Crippen molar-refractivity contribution in [1.82, 2.24) is 19.7 Å². The smallest absolute Gasteiger partial charge is 0.258 e. The van der Waals surface area contributed by atoms with Crippen LogP contribution in [0.2, 0.25) is 0 Å². The van der Waals surface area contributed by atoms with E-state index in [2.05, 4.69) is 21.5 Å². The number of nitrogens with one attached hydrogen (secondary N) is 1. The van der Waals surface area contributed by atoms with Gasteiger partial charge in [-0.15, -0.1) is 0 Å². The lowest BCUT2D eigenvalue weighted by Crippen LogP contribution is -2.13. The third-order valence-electron chi connectivity index (χ3n) is 4.13.